The normalized spacial score (nSPS) is 18.4. The van der Waals surface area contributed by atoms with Crippen LogP contribution in [0.4, 0.5) is 14.5 Å². The standard InChI is InChI=1S/C13H17F2N3.HI/c1-8-3-9(2)5-10(4-8)17-12(16)18-11-6-13(14,15)7-11;/h3-5,11H,6-7H2,1-2H3,(H3,16,17,18);1H. The molecule has 106 valence electrons. The number of alkyl halides is 2. The number of halogens is 3. The lowest BCUT2D eigenvalue weighted by molar-refractivity contribution is -0.0834. The molecule has 0 amide bonds. The highest BCUT2D eigenvalue weighted by atomic mass is 127. The summed E-state index contributed by atoms with van der Waals surface area (Å²) in [6.07, 6.45) is -0.412. The SMILES string of the molecule is Cc1cc(C)cc(NC(N)=NC2CC(F)(F)C2)c1.I. The zero-order chi connectivity index (χ0) is 13.3. The highest BCUT2D eigenvalue weighted by Gasteiger charge is 2.45. The van der Waals surface area contributed by atoms with Crippen molar-refractivity contribution in [2.24, 2.45) is 10.7 Å². The van der Waals surface area contributed by atoms with Gasteiger partial charge < -0.3 is 11.1 Å². The number of aryl methyl sites for hydroxylation is 2. The Labute approximate surface area is 128 Å². The molecule has 1 aromatic carbocycles. The number of rotatable bonds is 2. The number of anilines is 1. The Bertz CT molecular complexity index is 461. The molecule has 0 aliphatic heterocycles. The van der Waals surface area contributed by atoms with Gasteiger partial charge in [0.1, 0.15) is 0 Å². The molecule has 0 unspecified atom stereocenters. The fourth-order valence-electron chi connectivity index (χ4n) is 2.14. The molecule has 19 heavy (non-hydrogen) atoms. The van der Waals surface area contributed by atoms with Gasteiger partial charge in [-0.2, -0.15) is 0 Å². The molecule has 3 N–H and O–H groups in total. The summed E-state index contributed by atoms with van der Waals surface area (Å²) in [5.41, 5.74) is 8.76. The number of aliphatic imine (C=N–C) groups is 1. The Kier molecular flexibility index (Phi) is 5.11. The largest absolute Gasteiger partial charge is 0.370 e. The zero-order valence-corrected chi connectivity index (χ0v) is 13.2. The molecule has 0 spiro atoms. The van der Waals surface area contributed by atoms with Gasteiger partial charge in [0, 0.05) is 18.5 Å². The molecular weight excluding hydrogens is 363 g/mol. The van der Waals surface area contributed by atoms with E-state index < -0.39 is 5.92 Å². The van der Waals surface area contributed by atoms with Crippen molar-refractivity contribution >= 4 is 35.6 Å². The molecule has 0 aromatic heterocycles. The summed E-state index contributed by atoms with van der Waals surface area (Å²) in [5.74, 6) is -2.37. The lowest BCUT2D eigenvalue weighted by Crippen LogP contribution is -2.40. The van der Waals surface area contributed by atoms with Crippen LogP contribution < -0.4 is 11.1 Å². The van der Waals surface area contributed by atoms with Crippen molar-refractivity contribution in [2.75, 3.05) is 5.32 Å². The fraction of sp³-hybridized carbons (Fsp3) is 0.462. The van der Waals surface area contributed by atoms with Crippen LogP contribution in [0.3, 0.4) is 0 Å². The van der Waals surface area contributed by atoms with Crippen LogP contribution in [-0.2, 0) is 0 Å². The maximum atomic E-state index is 12.6. The molecule has 1 aliphatic rings. The fourth-order valence-corrected chi connectivity index (χ4v) is 2.14. The first-order chi connectivity index (χ1) is 8.34. The van der Waals surface area contributed by atoms with Gasteiger partial charge in [0.25, 0.3) is 5.92 Å². The van der Waals surface area contributed by atoms with Gasteiger partial charge in [0.15, 0.2) is 5.96 Å². The lowest BCUT2D eigenvalue weighted by Gasteiger charge is -2.32. The van der Waals surface area contributed by atoms with E-state index in [9.17, 15) is 8.78 Å². The average Bonchev–Trinajstić information content (AvgIpc) is 2.11. The molecule has 2 rings (SSSR count). The predicted molar refractivity (Wildman–Crippen MR) is 84.5 cm³/mol. The summed E-state index contributed by atoms with van der Waals surface area (Å²) in [7, 11) is 0. The third kappa shape index (κ3) is 4.59. The Morgan fingerprint density at radius 3 is 2.26 bits per heavy atom. The lowest BCUT2D eigenvalue weighted by atomic mass is 9.89. The van der Waals surface area contributed by atoms with E-state index in [4.69, 9.17) is 5.73 Å². The van der Waals surface area contributed by atoms with Crippen molar-refractivity contribution in [1.29, 1.82) is 0 Å². The van der Waals surface area contributed by atoms with Crippen LogP contribution >= 0.6 is 24.0 Å². The van der Waals surface area contributed by atoms with Crippen molar-refractivity contribution in [3.8, 4) is 0 Å². The quantitative estimate of drug-likeness (QED) is 0.469. The summed E-state index contributed by atoms with van der Waals surface area (Å²) in [5, 5.41) is 2.93. The number of hydrogen-bond donors (Lipinski definition) is 2. The van der Waals surface area contributed by atoms with Crippen molar-refractivity contribution in [3.05, 3.63) is 29.3 Å². The summed E-state index contributed by atoms with van der Waals surface area (Å²) >= 11 is 0. The van der Waals surface area contributed by atoms with Crippen molar-refractivity contribution in [1.82, 2.24) is 0 Å². The van der Waals surface area contributed by atoms with Crippen LogP contribution in [0.2, 0.25) is 0 Å². The van der Waals surface area contributed by atoms with Gasteiger partial charge in [0.05, 0.1) is 6.04 Å². The maximum Gasteiger partial charge on any atom is 0.252 e. The third-order valence-electron chi connectivity index (χ3n) is 2.88. The summed E-state index contributed by atoms with van der Waals surface area (Å²) in [6.45, 7) is 3.97. The molecule has 0 saturated heterocycles. The van der Waals surface area contributed by atoms with Gasteiger partial charge in [-0.3, -0.25) is 0 Å². The smallest absolute Gasteiger partial charge is 0.252 e. The van der Waals surface area contributed by atoms with Crippen LogP contribution in [0.1, 0.15) is 24.0 Å². The summed E-state index contributed by atoms with van der Waals surface area (Å²) in [4.78, 5) is 4.04. The number of benzene rings is 1. The van der Waals surface area contributed by atoms with E-state index in [-0.39, 0.29) is 48.8 Å². The van der Waals surface area contributed by atoms with Crippen molar-refractivity contribution < 1.29 is 8.78 Å². The Morgan fingerprint density at radius 1 is 1.26 bits per heavy atom. The average molecular weight is 381 g/mol. The predicted octanol–water partition coefficient (Wildman–Crippen LogP) is 3.45. The minimum absolute atomic E-state index is 0. The second-order valence-corrected chi connectivity index (χ2v) is 4.93. The van der Waals surface area contributed by atoms with Gasteiger partial charge in [-0.25, -0.2) is 13.8 Å². The minimum Gasteiger partial charge on any atom is -0.370 e. The van der Waals surface area contributed by atoms with E-state index in [1.807, 2.05) is 32.0 Å². The molecule has 0 radical (unpaired) electrons. The molecular formula is C13H18F2IN3. The zero-order valence-electron chi connectivity index (χ0n) is 10.9. The van der Waals surface area contributed by atoms with E-state index in [2.05, 4.69) is 10.3 Å². The first-order valence-electron chi connectivity index (χ1n) is 5.90. The van der Waals surface area contributed by atoms with E-state index in [0.29, 0.717) is 0 Å². The Hall–Kier alpha value is -0.920. The summed E-state index contributed by atoms with van der Waals surface area (Å²) < 4.78 is 25.3. The minimum atomic E-state index is -2.56. The second kappa shape index (κ2) is 6.02. The molecule has 1 aliphatic carbocycles. The molecule has 1 fully saturated rings. The number of nitrogens with zero attached hydrogens (tertiary/aromatic N) is 1. The number of nitrogens with one attached hydrogen (secondary N) is 1. The molecule has 1 saturated carbocycles. The van der Waals surface area contributed by atoms with Gasteiger partial charge in [-0.05, 0) is 37.1 Å². The molecule has 1 aromatic rings. The molecule has 0 atom stereocenters. The van der Waals surface area contributed by atoms with Gasteiger partial charge >= 0.3 is 0 Å². The van der Waals surface area contributed by atoms with Crippen LogP contribution in [0, 0.1) is 13.8 Å². The molecule has 6 heteroatoms. The molecule has 0 bridgehead atoms. The van der Waals surface area contributed by atoms with Crippen molar-refractivity contribution in [3.63, 3.8) is 0 Å². The van der Waals surface area contributed by atoms with E-state index in [1.165, 1.54) is 0 Å². The second-order valence-electron chi connectivity index (χ2n) is 4.93. The number of hydrogen-bond acceptors (Lipinski definition) is 1. The third-order valence-corrected chi connectivity index (χ3v) is 2.88. The number of guanidine groups is 1. The van der Waals surface area contributed by atoms with Crippen molar-refractivity contribution in [2.45, 2.75) is 38.7 Å². The first-order valence-corrected chi connectivity index (χ1v) is 5.90. The molecule has 0 heterocycles. The summed E-state index contributed by atoms with van der Waals surface area (Å²) in [6, 6.07) is 5.55. The monoisotopic (exact) mass is 381 g/mol. The highest BCUT2D eigenvalue weighted by molar-refractivity contribution is 14.0. The number of nitrogens with two attached hydrogens (primary N) is 1. The molecule has 3 nitrogen and oxygen atoms in total. The van der Waals surface area contributed by atoms with Crippen LogP contribution in [0.5, 0.6) is 0 Å². The maximum absolute atomic E-state index is 12.6. The topological polar surface area (TPSA) is 50.4 Å². The van der Waals surface area contributed by atoms with E-state index in [1.54, 1.807) is 0 Å². The van der Waals surface area contributed by atoms with Gasteiger partial charge in [-0.1, -0.05) is 6.07 Å². The Balaban J connectivity index is 0.00000180. The Morgan fingerprint density at radius 2 is 1.79 bits per heavy atom. The first kappa shape index (κ1) is 16.1. The van der Waals surface area contributed by atoms with Crippen LogP contribution in [0.25, 0.3) is 0 Å². The van der Waals surface area contributed by atoms with Crippen LogP contribution in [0.15, 0.2) is 23.2 Å². The van der Waals surface area contributed by atoms with E-state index >= 15 is 0 Å². The van der Waals surface area contributed by atoms with Crippen LogP contribution in [-0.4, -0.2) is 17.9 Å². The highest BCUT2D eigenvalue weighted by Crippen LogP contribution is 2.39. The van der Waals surface area contributed by atoms with Gasteiger partial charge in [0.2, 0.25) is 0 Å². The van der Waals surface area contributed by atoms with Gasteiger partial charge in [-0.15, -0.1) is 24.0 Å². The van der Waals surface area contributed by atoms with E-state index in [0.717, 1.165) is 16.8 Å².